The van der Waals surface area contributed by atoms with Crippen molar-refractivity contribution in [1.82, 2.24) is 4.98 Å². The maximum Gasteiger partial charge on any atom is 0.359 e. The van der Waals surface area contributed by atoms with Crippen molar-refractivity contribution in [1.29, 1.82) is 0 Å². The minimum atomic E-state index is -1.84. The standard InChI is InChI=1S/C19H15NO7/c1-25-10-7-8-11(14(9-10)26-2)17(21)15(18(22)23)16-19(24)27-13-6-4-3-5-12(13)20-16/h3-9,15H,1-2H3,(H,22,23). The second-order valence-corrected chi connectivity index (χ2v) is 5.56. The van der Waals surface area contributed by atoms with Crippen molar-refractivity contribution >= 4 is 22.9 Å². The van der Waals surface area contributed by atoms with Crippen LogP contribution in [0, 0.1) is 0 Å². The number of para-hydroxylation sites is 2. The van der Waals surface area contributed by atoms with E-state index in [0.717, 1.165) is 0 Å². The van der Waals surface area contributed by atoms with Gasteiger partial charge in [-0.1, -0.05) is 12.1 Å². The summed E-state index contributed by atoms with van der Waals surface area (Å²) in [6.07, 6.45) is 0. The summed E-state index contributed by atoms with van der Waals surface area (Å²) >= 11 is 0. The number of ketones is 1. The summed E-state index contributed by atoms with van der Waals surface area (Å²) in [7, 11) is 2.78. The highest BCUT2D eigenvalue weighted by Crippen LogP contribution is 2.29. The number of hydrogen-bond donors (Lipinski definition) is 1. The fraction of sp³-hybridized carbons (Fsp3) is 0.158. The minimum absolute atomic E-state index is 0.0138. The summed E-state index contributed by atoms with van der Waals surface area (Å²) in [5.74, 6) is -3.66. The number of carboxylic acid groups (broad SMARTS) is 1. The monoisotopic (exact) mass is 369 g/mol. The van der Waals surface area contributed by atoms with Gasteiger partial charge in [-0.05, 0) is 24.3 Å². The number of ether oxygens (including phenoxy) is 2. The van der Waals surface area contributed by atoms with Crippen molar-refractivity contribution in [3.63, 3.8) is 0 Å². The molecule has 8 heteroatoms. The van der Waals surface area contributed by atoms with E-state index >= 15 is 0 Å². The predicted molar refractivity (Wildman–Crippen MR) is 94.5 cm³/mol. The summed E-state index contributed by atoms with van der Waals surface area (Å²) in [6, 6.07) is 10.7. The van der Waals surface area contributed by atoms with Gasteiger partial charge in [0.2, 0.25) is 0 Å². The summed E-state index contributed by atoms with van der Waals surface area (Å²) in [6.45, 7) is 0. The van der Waals surface area contributed by atoms with Crippen molar-refractivity contribution in [2.75, 3.05) is 14.2 Å². The lowest BCUT2D eigenvalue weighted by Crippen LogP contribution is -2.28. The molecule has 0 amide bonds. The van der Waals surface area contributed by atoms with E-state index in [1.807, 2.05) is 0 Å². The van der Waals surface area contributed by atoms with Crippen LogP contribution in [0.4, 0.5) is 0 Å². The first kappa shape index (κ1) is 18.1. The molecule has 1 N–H and O–H groups in total. The van der Waals surface area contributed by atoms with E-state index in [1.54, 1.807) is 18.2 Å². The molecule has 0 aliphatic rings. The van der Waals surface area contributed by atoms with Crippen LogP contribution < -0.4 is 15.1 Å². The maximum atomic E-state index is 12.9. The molecule has 1 atom stereocenters. The molecule has 3 aromatic rings. The molecule has 0 radical (unpaired) electrons. The molecule has 2 aromatic carbocycles. The predicted octanol–water partition coefficient (Wildman–Crippen LogP) is 2.26. The van der Waals surface area contributed by atoms with Gasteiger partial charge >= 0.3 is 11.6 Å². The molecule has 138 valence electrons. The molecule has 0 fully saturated rings. The number of rotatable bonds is 6. The topological polar surface area (TPSA) is 116 Å². The molecule has 27 heavy (non-hydrogen) atoms. The Hall–Kier alpha value is -3.68. The average Bonchev–Trinajstić information content (AvgIpc) is 2.67. The summed E-state index contributed by atoms with van der Waals surface area (Å²) in [5.41, 5.74) is -1.02. The van der Waals surface area contributed by atoms with Crippen LogP contribution in [0.25, 0.3) is 11.1 Å². The summed E-state index contributed by atoms with van der Waals surface area (Å²) in [4.78, 5) is 41.1. The van der Waals surface area contributed by atoms with E-state index in [-0.39, 0.29) is 22.4 Å². The molecule has 8 nitrogen and oxygen atoms in total. The van der Waals surface area contributed by atoms with Gasteiger partial charge in [0.1, 0.15) is 22.7 Å². The lowest BCUT2D eigenvalue weighted by molar-refractivity contribution is -0.137. The molecule has 3 rings (SSSR count). The van der Waals surface area contributed by atoms with E-state index < -0.39 is 29.0 Å². The molecule has 1 heterocycles. The highest BCUT2D eigenvalue weighted by molar-refractivity contribution is 6.13. The fourth-order valence-corrected chi connectivity index (χ4v) is 2.66. The number of carbonyl (C=O) groups is 2. The second-order valence-electron chi connectivity index (χ2n) is 5.56. The van der Waals surface area contributed by atoms with Crippen molar-refractivity contribution < 1.29 is 28.6 Å². The average molecular weight is 369 g/mol. The van der Waals surface area contributed by atoms with Crippen molar-refractivity contribution in [2.24, 2.45) is 0 Å². The number of methoxy groups -OCH3 is 2. The van der Waals surface area contributed by atoms with Gasteiger partial charge in [-0.3, -0.25) is 9.59 Å². The largest absolute Gasteiger partial charge is 0.497 e. The molecular weight excluding hydrogens is 354 g/mol. The summed E-state index contributed by atoms with van der Waals surface area (Å²) < 4.78 is 15.3. The molecule has 0 aliphatic carbocycles. The van der Waals surface area contributed by atoms with Crippen molar-refractivity contribution in [3.05, 3.63) is 64.1 Å². The normalized spacial score (nSPS) is 11.8. The molecule has 0 aliphatic heterocycles. The number of benzene rings is 2. The third-order valence-electron chi connectivity index (χ3n) is 3.97. The van der Waals surface area contributed by atoms with Gasteiger partial charge in [0, 0.05) is 6.07 Å². The molecule has 0 saturated carbocycles. The molecule has 0 spiro atoms. The number of fused-ring (bicyclic) bond motifs is 1. The van der Waals surface area contributed by atoms with Crippen LogP contribution in [-0.4, -0.2) is 36.1 Å². The van der Waals surface area contributed by atoms with Gasteiger partial charge in [0.05, 0.1) is 19.8 Å². The third-order valence-corrected chi connectivity index (χ3v) is 3.97. The van der Waals surface area contributed by atoms with Crippen LogP contribution in [0.2, 0.25) is 0 Å². The first-order valence-corrected chi connectivity index (χ1v) is 7.85. The van der Waals surface area contributed by atoms with Gasteiger partial charge in [-0.15, -0.1) is 0 Å². The van der Waals surface area contributed by atoms with Crippen LogP contribution in [0.3, 0.4) is 0 Å². The van der Waals surface area contributed by atoms with Crippen molar-refractivity contribution in [3.8, 4) is 11.5 Å². The van der Waals surface area contributed by atoms with E-state index in [4.69, 9.17) is 13.9 Å². The number of nitrogens with zero attached hydrogens (tertiary/aromatic N) is 1. The van der Waals surface area contributed by atoms with E-state index in [0.29, 0.717) is 5.75 Å². The lowest BCUT2D eigenvalue weighted by Gasteiger charge is -2.14. The Kier molecular flexibility index (Phi) is 4.89. The van der Waals surface area contributed by atoms with Crippen LogP contribution in [-0.2, 0) is 4.79 Å². The molecule has 1 unspecified atom stereocenters. The first-order valence-electron chi connectivity index (χ1n) is 7.85. The number of aromatic nitrogens is 1. The third kappa shape index (κ3) is 3.37. The molecule has 0 bridgehead atoms. The Morgan fingerprint density at radius 1 is 1.11 bits per heavy atom. The zero-order chi connectivity index (χ0) is 19.6. The van der Waals surface area contributed by atoms with Gasteiger partial charge in [-0.25, -0.2) is 9.78 Å². The first-order chi connectivity index (χ1) is 13.0. The van der Waals surface area contributed by atoms with E-state index in [1.165, 1.54) is 38.5 Å². The number of Topliss-reactive ketones (excluding diaryl/α,β-unsaturated/α-hetero) is 1. The number of aliphatic carboxylic acids is 1. The Morgan fingerprint density at radius 3 is 2.52 bits per heavy atom. The van der Waals surface area contributed by atoms with Crippen LogP contribution in [0.1, 0.15) is 22.0 Å². The zero-order valence-electron chi connectivity index (χ0n) is 14.5. The van der Waals surface area contributed by atoms with E-state index in [2.05, 4.69) is 4.98 Å². The van der Waals surface area contributed by atoms with Crippen LogP contribution >= 0.6 is 0 Å². The summed E-state index contributed by atoms with van der Waals surface area (Å²) in [5, 5.41) is 9.61. The molecule has 1 aromatic heterocycles. The fourth-order valence-electron chi connectivity index (χ4n) is 2.66. The Balaban J connectivity index is 2.14. The van der Waals surface area contributed by atoms with Crippen LogP contribution in [0.5, 0.6) is 11.5 Å². The maximum absolute atomic E-state index is 12.9. The van der Waals surface area contributed by atoms with Gasteiger partial charge in [0.25, 0.3) is 0 Å². The number of carboxylic acids is 1. The smallest absolute Gasteiger partial charge is 0.359 e. The lowest BCUT2D eigenvalue weighted by atomic mass is 9.94. The second kappa shape index (κ2) is 7.28. The van der Waals surface area contributed by atoms with Gasteiger partial charge in [0.15, 0.2) is 17.3 Å². The highest BCUT2D eigenvalue weighted by Gasteiger charge is 2.35. The zero-order valence-corrected chi connectivity index (χ0v) is 14.5. The van der Waals surface area contributed by atoms with Crippen molar-refractivity contribution in [2.45, 2.75) is 5.92 Å². The number of carbonyl (C=O) groups excluding carboxylic acids is 1. The van der Waals surface area contributed by atoms with Gasteiger partial charge < -0.3 is 19.0 Å². The quantitative estimate of drug-likeness (QED) is 0.519. The van der Waals surface area contributed by atoms with Crippen LogP contribution in [0.15, 0.2) is 51.7 Å². The number of hydrogen-bond acceptors (Lipinski definition) is 7. The van der Waals surface area contributed by atoms with Gasteiger partial charge in [-0.2, -0.15) is 0 Å². The SMILES string of the molecule is COc1ccc(C(=O)C(C(=O)O)c2nc3ccccc3oc2=O)c(OC)c1. The van der Waals surface area contributed by atoms with E-state index in [9.17, 15) is 19.5 Å². The highest BCUT2D eigenvalue weighted by atomic mass is 16.5. The Labute approximate surface area is 153 Å². The molecular formula is C19H15NO7. The molecule has 0 saturated heterocycles. The Morgan fingerprint density at radius 2 is 1.85 bits per heavy atom. The minimum Gasteiger partial charge on any atom is -0.497 e. The Bertz CT molecular complexity index is 1090.